The number of imidazole rings is 1. The van der Waals surface area contributed by atoms with Crippen molar-refractivity contribution in [3.05, 3.63) is 17.7 Å². The van der Waals surface area contributed by atoms with Crippen LogP contribution in [0.15, 0.2) is 6.20 Å². The Labute approximate surface area is 107 Å². The number of aromatic nitrogens is 2. The van der Waals surface area contributed by atoms with Gasteiger partial charge in [0, 0.05) is 20.0 Å². The van der Waals surface area contributed by atoms with E-state index in [1.807, 2.05) is 6.92 Å². The van der Waals surface area contributed by atoms with Gasteiger partial charge in [0.15, 0.2) is 0 Å². The van der Waals surface area contributed by atoms with Crippen LogP contribution in [0.2, 0.25) is 0 Å². The van der Waals surface area contributed by atoms with Gasteiger partial charge in [0.2, 0.25) is 0 Å². The highest BCUT2D eigenvalue weighted by molar-refractivity contribution is 5.92. The fraction of sp³-hybridized carbons (Fsp3) is 0.692. The van der Waals surface area contributed by atoms with Crippen molar-refractivity contribution in [3.63, 3.8) is 0 Å². The van der Waals surface area contributed by atoms with Crippen LogP contribution in [0, 0.1) is 0 Å². The molecule has 0 saturated heterocycles. The zero-order valence-electron chi connectivity index (χ0n) is 11.1. The molecule has 2 rings (SSSR count). The Bertz CT molecular complexity index is 422. The first-order valence-corrected chi connectivity index (χ1v) is 6.56. The van der Waals surface area contributed by atoms with E-state index in [0.717, 1.165) is 37.9 Å². The first kappa shape index (κ1) is 13.1. The van der Waals surface area contributed by atoms with E-state index in [2.05, 4.69) is 9.97 Å². The smallest absolute Gasteiger partial charge is 0.271 e. The van der Waals surface area contributed by atoms with Crippen LogP contribution in [-0.2, 0) is 6.42 Å². The highest BCUT2D eigenvalue weighted by Crippen LogP contribution is 2.30. The monoisotopic (exact) mass is 251 g/mol. The zero-order chi connectivity index (χ0) is 13.2. The normalized spacial score (nSPS) is 17.9. The minimum Gasteiger partial charge on any atom is -0.388 e. The first-order chi connectivity index (χ1) is 8.54. The number of likely N-dealkylation sites (N-methyl/N-ethyl adjacent to an activating group) is 1. The lowest BCUT2D eigenvalue weighted by molar-refractivity contribution is 0.0155. The quantitative estimate of drug-likeness (QED) is 0.848. The molecule has 1 aromatic heterocycles. The van der Waals surface area contributed by atoms with E-state index in [9.17, 15) is 9.90 Å². The van der Waals surface area contributed by atoms with Crippen molar-refractivity contribution in [1.82, 2.24) is 14.9 Å². The van der Waals surface area contributed by atoms with Gasteiger partial charge in [-0.2, -0.15) is 0 Å². The summed E-state index contributed by atoms with van der Waals surface area (Å²) in [6.07, 6.45) is 6.00. The molecule has 0 spiro atoms. The van der Waals surface area contributed by atoms with Gasteiger partial charge >= 0.3 is 0 Å². The van der Waals surface area contributed by atoms with E-state index < -0.39 is 5.60 Å². The lowest BCUT2D eigenvalue weighted by atomic mass is 10.0. The van der Waals surface area contributed by atoms with Crippen molar-refractivity contribution in [3.8, 4) is 0 Å². The number of carbonyl (C=O) groups excluding carboxylic acids is 1. The number of rotatable bonds is 4. The van der Waals surface area contributed by atoms with Gasteiger partial charge < -0.3 is 15.0 Å². The van der Waals surface area contributed by atoms with Gasteiger partial charge in [0.05, 0.1) is 11.8 Å². The number of aromatic amines is 1. The van der Waals surface area contributed by atoms with Crippen molar-refractivity contribution < 1.29 is 9.90 Å². The number of nitrogens with one attached hydrogen (secondary N) is 1. The van der Waals surface area contributed by atoms with Crippen LogP contribution < -0.4 is 0 Å². The number of H-pyrrole nitrogens is 1. The largest absolute Gasteiger partial charge is 0.388 e. The van der Waals surface area contributed by atoms with E-state index in [0.29, 0.717) is 12.2 Å². The molecule has 1 heterocycles. The van der Waals surface area contributed by atoms with Gasteiger partial charge in [0.1, 0.15) is 11.5 Å². The molecule has 5 nitrogen and oxygen atoms in total. The summed E-state index contributed by atoms with van der Waals surface area (Å²) in [6.45, 7) is 2.38. The van der Waals surface area contributed by atoms with Crippen molar-refractivity contribution in [2.75, 3.05) is 13.6 Å². The van der Waals surface area contributed by atoms with E-state index in [1.165, 1.54) is 0 Å². The van der Waals surface area contributed by atoms with Crippen molar-refractivity contribution in [1.29, 1.82) is 0 Å². The fourth-order valence-corrected chi connectivity index (χ4v) is 2.56. The summed E-state index contributed by atoms with van der Waals surface area (Å²) in [6, 6.07) is 0. The maximum atomic E-state index is 12.1. The first-order valence-electron chi connectivity index (χ1n) is 6.56. The topological polar surface area (TPSA) is 69.2 Å². The third-order valence-electron chi connectivity index (χ3n) is 3.61. The van der Waals surface area contributed by atoms with Crippen molar-refractivity contribution in [2.45, 2.75) is 44.6 Å². The highest BCUT2D eigenvalue weighted by atomic mass is 16.3. The summed E-state index contributed by atoms with van der Waals surface area (Å²) >= 11 is 0. The summed E-state index contributed by atoms with van der Waals surface area (Å²) in [5, 5.41) is 10.3. The molecule has 1 aliphatic carbocycles. The second kappa shape index (κ2) is 5.10. The van der Waals surface area contributed by atoms with E-state index in [1.54, 1.807) is 18.1 Å². The van der Waals surface area contributed by atoms with E-state index >= 15 is 0 Å². The molecule has 1 aliphatic rings. The Hall–Kier alpha value is -1.36. The average Bonchev–Trinajstić information content (AvgIpc) is 2.96. The lowest BCUT2D eigenvalue weighted by Crippen LogP contribution is -2.42. The molecule has 2 N–H and O–H groups in total. The SMILES string of the molecule is CCc1ncc(C(=O)N(C)CC2(O)CCCC2)[nH]1. The maximum Gasteiger partial charge on any atom is 0.271 e. The van der Waals surface area contributed by atoms with E-state index in [-0.39, 0.29) is 5.91 Å². The number of amides is 1. The third kappa shape index (κ3) is 2.72. The van der Waals surface area contributed by atoms with Crippen LogP contribution in [0.3, 0.4) is 0 Å². The number of aliphatic hydroxyl groups is 1. The molecule has 5 heteroatoms. The number of aryl methyl sites for hydroxylation is 1. The maximum absolute atomic E-state index is 12.1. The van der Waals surface area contributed by atoms with Gasteiger partial charge in [-0.05, 0) is 12.8 Å². The fourth-order valence-electron chi connectivity index (χ4n) is 2.56. The summed E-state index contributed by atoms with van der Waals surface area (Å²) in [5.74, 6) is 0.703. The molecule has 1 fully saturated rings. The van der Waals surface area contributed by atoms with Crippen LogP contribution in [-0.4, -0.2) is 45.1 Å². The Balaban J connectivity index is 2.00. The molecule has 1 aromatic rings. The average molecular weight is 251 g/mol. The summed E-state index contributed by atoms with van der Waals surface area (Å²) in [4.78, 5) is 20.8. The van der Waals surface area contributed by atoms with Crippen LogP contribution >= 0.6 is 0 Å². The molecule has 0 aliphatic heterocycles. The van der Waals surface area contributed by atoms with Crippen LogP contribution in [0.5, 0.6) is 0 Å². The minimum absolute atomic E-state index is 0.109. The van der Waals surface area contributed by atoms with Gasteiger partial charge in [-0.15, -0.1) is 0 Å². The number of hydrogen-bond donors (Lipinski definition) is 2. The Morgan fingerprint density at radius 2 is 2.22 bits per heavy atom. The van der Waals surface area contributed by atoms with Crippen molar-refractivity contribution in [2.24, 2.45) is 0 Å². The second-order valence-corrected chi connectivity index (χ2v) is 5.19. The Morgan fingerprint density at radius 1 is 1.56 bits per heavy atom. The molecule has 18 heavy (non-hydrogen) atoms. The molecule has 1 amide bonds. The molecule has 100 valence electrons. The predicted octanol–water partition coefficient (Wildman–Crippen LogP) is 1.35. The summed E-state index contributed by atoms with van der Waals surface area (Å²) in [5.41, 5.74) is -0.200. The second-order valence-electron chi connectivity index (χ2n) is 5.19. The molecule has 0 atom stereocenters. The Morgan fingerprint density at radius 3 is 2.78 bits per heavy atom. The van der Waals surface area contributed by atoms with Gasteiger partial charge in [-0.3, -0.25) is 4.79 Å². The molecule has 0 aromatic carbocycles. The molecule has 1 saturated carbocycles. The van der Waals surface area contributed by atoms with Crippen LogP contribution in [0.25, 0.3) is 0 Å². The van der Waals surface area contributed by atoms with Gasteiger partial charge in [-0.1, -0.05) is 19.8 Å². The Kier molecular flexibility index (Phi) is 3.71. The highest BCUT2D eigenvalue weighted by Gasteiger charge is 2.33. The lowest BCUT2D eigenvalue weighted by Gasteiger charge is -2.28. The number of hydrogen-bond acceptors (Lipinski definition) is 3. The zero-order valence-corrected chi connectivity index (χ0v) is 11.1. The molecule has 0 unspecified atom stereocenters. The van der Waals surface area contributed by atoms with E-state index in [4.69, 9.17) is 0 Å². The molecule has 0 radical (unpaired) electrons. The number of carbonyl (C=O) groups is 1. The van der Waals surface area contributed by atoms with Gasteiger partial charge in [0.25, 0.3) is 5.91 Å². The molecule has 0 bridgehead atoms. The standard InChI is InChI=1S/C13H21N3O2/c1-3-11-14-8-10(15-11)12(17)16(2)9-13(18)6-4-5-7-13/h8,18H,3-7,9H2,1-2H3,(H,14,15). The summed E-state index contributed by atoms with van der Waals surface area (Å²) < 4.78 is 0. The summed E-state index contributed by atoms with van der Waals surface area (Å²) in [7, 11) is 1.73. The predicted molar refractivity (Wildman–Crippen MR) is 68.3 cm³/mol. The third-order valence-corrected chi connectivity index (χ3v) is 3.61. The minimum atomic E-state index is -0.696. The van der Waals surface area contributed by atoms with Crippen molar-refractivity contribution >= 4 is 5.91 Å². The molecular formula is C13H21N3O2. The molecular weight excluding hydrogens is 230 g/mol. The van der Waals surface area contributed by atoms with Gasteiger partial charge in [-0.25, -0.2) is 4.98 Å². The van der Waals surface area contributed by atoms with Crippen LogP contribution in [0.1, 0.15) is 48.9 Å². The van der Waals surface area contributed by atoms with Crippen LogP contribution in [0.4, 0.5) is 0 Å². The number of nitrogens with zero attached hydrogens (tertiary/aromatic N) is 2.